The quantitative estimate of drug-likeness (QED) is 0.145. The number of aromatic amines is 1. The van der Waals surface area contributed by atoms with Gasteiger partial charge in [0, 0.05) is 27.1 Å². The van der Waals surface area contributed by atoms with Crippen LogP contribution in [0.1, 0.15) is 20.7 Å². The van der Waals surface area contributed by atoms with Crippen LogP contribution in [0.25, 0.3) is 22.3 Å². The summed E-state index contributed by atoms with van der Waals surface area (Å²) in [7, 11) is -1.11. The van der Waals surface area contributed by atoms with E-state index in [1.165, 1.54) is 0 Å². The lowest BCUT2D eigenvalue weighted by atomic mass is 10.3. The van der Waals surface area contributed by atoms with Crippen LogP contribution in [0.5, 0.6) is 0 Å². The average Bonchev–Trinajstić information content (AvgIpc) is 3.32. The molecule has 0 fully saturated rings. The van der Waals surface area contributed by atoms with Crippen LogP contribution in [0.4, 0.5) is 0 Å². The SMILES string of the molecule is C[Si](C)(C)CCOCn1cc(C=O)c2nc(Br)c(Cl)nc21.O=Cc1c[nH]c2nc(Cl)c(Br)nc12. The smallest absolute Gasteiger partial charge is 0.164 e. The van der Waals surface area contributed by atoms with Crippen LogP contribution in [0.15, 0.2) is 21.6 Å². The van der Waals surface area contributed by atoms with Gasteiger partial charge in [0.05, 0.1) is 11.1 Å². The summed E-state index contributed by atoms with van der Waals surface area (Å²) in [6.07, 6.45) is 4.71. The van der Waals surface area contributed by atoms with Crippen LogP contribution >= 0.6 is 55.1 Å². The zero-order chi connectivity index (χ0) is 25.0. The molecule has 0 aliphatic carbocycles. The molecule has 34 heavy (non-hydrogen) atoms. The number of rotatable bonds is 7. The van der Waals surface area contributed by atoms with E-state index >= 15 is 0 Å². The van der Waals surface area contributed by atoms with Gasteiger partial charge >= 0.3 is 0 Å². The fourth-order valence-electron chi connectivity index (χ4n) is 2.80. The Balaban J connectivity index is 0.000000212. The molecule has 14 heteroatoms. The number of ether oxygens (including phenoxy) is 1. The van der Waals surface area contributed by atoms with Crippen LogP contribution < -0.4 is 0 Å². The summed E-state index contributed by atoms with van der Waals surface area (Å²) < 4.78 is 8.31. The van der Waals surface area contributed by atoms with Gasteiger partial charge in [-0.2, -0.15) is 0 Å². The number of nitrogens with one attached hydrogen (secondary N) is 1. The summed E-state index contributed by atoms with van der Waals surface area (Å²) in [6.45, 7) is 7.93. The maximum atomic E-state index is 11.1. The number of hydrogen-bond donors (Lipinski definition) is 1. The molecule has 0 aliphatic heterocycles. The largest absolute Gasteiger partial charge is 0.361 e. The number of halogens is 4. The first kappa shape index (κ1) is 26.9. The van der Waals surface area contributed by atoms with E-state index in [9.17, 15) is 9.59 Å². The molecule has 0 unspecified atom stereocenters. The number of fused-ring (bicyclic) bond motifs is 2. The van der Waals surface area contributed by atoms with Crippen LogP contribution in [-0.4, -0.2) is 56.7 Å². The highest BCUT2D eigenvalue weighted by molar-refractivity contribution is 9.10. The number of aromatic nitrogens is 6. The second-order valence-electron chi connectivity index (χ2n) is 8.36. The third-order valence-electron chi connectivity index (χ3n) is 4.57. The van der Waals surface area contributed by atoms with E-state index in [-0.39, 0.29) is 10.3 Å². The minimum atomic E-state index is -1.11. The van der Waals surface area contributed by atoms with Gasteiger partial charge in [0.1, 0.15) is 27.0 Å². The van der Waals surface area contributed by atoms with E-state index in [0.29, 0.717) is 62.3 Å². The molecule has 0 saturated carbocycles. The predicted octanol–water partition coefficient (Wildman–Crippen LogP) is 6.16. The first-order valence-electron chi connectivity index (χ1n) is 9.94. The van der Waals surface area contributed by atoms with Crippen molar-refractivity contribution >= 4 is 98.0 Å². The molecule has 4 aromatic rings. The van der Waals surface area contributed by atoms with E-state index in [2.05, 4.69) is 76.4 Å². The van der Waals surface area contributed by atoms with Crippen molar-refractivity contribution in [3.05, 3.63) is 43.0 Å². The van der Waals surface area contributed by atoms with E-state index < -0.39 is 8.07 Å². The Morgan fingerprint density at radius 2 is 1.62 bits per heavy atom. The summed E-state index contributed by atoms with van der Waals surface area (Å²) >= 11 is 18.0. The van der Waals surface area contributed by atoms with E-state index in [0.717, 1.165) is 12.3 Å². The highest BCUT2D eigenvalue weighted by Gasteiger charge is 2.15. The third kappa shape index (κ3) is 6.49. The minimum Gasteiger partial charge on any atom is -0.361 e. The molecule has 0 radical (unpaired) electrons. The zero-order valence-electron chi connectivity index (χ0n) is 18.4. The van der Waals surface area contributed by atoms with Gasteiger partial charge in [-0.05, 0) is 37.9 Å². The highest BCUT2D eigenvalue weighted by Crippen LogP contribution is 2.25. The second-order valence-corrected chi connectivity index (χ2v) is 16.2. The molecule has 0 aromatic carbocycles. The molecule has 0 spiro atoms. The summed E-state index contributed by atoms with van der Waals surface area (Å²) in [5, 5.41) is 0.535. The molecule has 0 bridgehead atoms. The lowest BCUT2D eigenvalue weighted by Gasteiger charge is -2.15. The zero-order valence-corrected chi connectivity index (χ0v) is 24.1. The Labute approximate surface area is 222 Å². The van der Waals surface area contributed by atoms with Crippen molar-refractivity contribution in [1.29, 1.82) is 0 Å². The van der Waals surface area contributed by atoms with Crippen LogP contribution in [0, 0.1) is 0 Å². The summed E-state index contributed by atoms with van der Waals surface area (Å²) in [4.78, 5) is 41.0. The van der Waals surface area contributed by atoms with Gasteiger partial charge in [-0.25, -0.2) is 19.9 Å². The molecule has 4 aromatic heterocycles. The molecular formula is C20H20Br2Cl2N6O3Si. The lowest BCUT2D eigenvalue weighted by molar-refractivity contribution is 0.0897. The standard InChI is InChI=1S/C13H17BrClN3O2Si.C7H3BrClN3O/c1-21(2,3)5-4-20-8-18-6-9(7-19)10-13(18)17-12(15)11(14)16-10;8-5-6(9)12-7-4(11-5)3(2-13)1-10-7/h6-7H,4-5,8H2,1-3H3;1-2H,(H,10,12). The lowest BCUT2D eigenvalue weighted by Crippen LogP contribution is -2.22. The molecule has 4 rings (SSSR count). The Hall–Kier alpha value is -1.70. The van der Waals surface area contributed by atoms with Gasteiger partial charge in [0.2, 0.25) is 0 Å². The van der Waals surface area contributed by atoms with Crippen molar-refractivity contribution in [1.82, 2.24) is 29.5 Å². The van der Waals surface area contributed by atoms with Crippen molar-refractivity contribution in [2.45, 2.75) is 32.4 Å². The number of hydrogen-bond acceptors (Lipinski definition) is 7. The number of carbonyl (C=O) groups is 2. The van der Waals surface area contributed by atoms with Crippen LogP contribution in [-0.2, 0) is 11.5 Å². The van der Waals surface area contributed by atoms with Gasteiger partial charge in [-0.3, -0.25) is 9.59 Å². The Morgan fingerprint density at radius 3 is 2.24 bits per heavy atom. The summed E-state index contributed by atoms with van der Waals surface area (Å²) in [5.41, 5.74) is 3.05. The topological polar surface area (TPSA) is 116 Å². The van der Waals surface area contributed by atoms with Crippen molar-refractivity contribution in [2.75, 3.05) is 6.61 Å². The van der Waals surface area contributed by atoms with Gasteiger partial charge in [-0.1, -0.05) is 42.8 Å². The fraction of sp³-hybridized carbons (Fsp3) is 0.300. The van der Waals surface area contributed by atoms with Crippen LogP contribution in [0.3, 0.4) is 0 Å². The Morgan fingerprint density at radius 1 is 1.00 bits per heavy atom. The first-order valence-corrected chi connectivity index (χ1v) is 16.0. The van der Waals surface area contributed by atoms with E-state index in [4.69, 9.17) is 27.9 Å². The predicted molar refractivity (Wildman–Crippen MR) is 142 cm³/mol. The fourth-order valence-corrected chi connectivity index (χ4v) is 4.33. The minimum absolute atomic E-state index is 0.265. The molecule has 0 saturated heterocycles. The molecule has 0 atom stereocenters. The first-order chi connectivity index (χ1) is 16.0. The van der Waals surface area contributed by atoms with Crippen LogP contribution in [0.2, 0.25) is 36.0 Å². The average molecular weight is 651 g/mol. The number of aldehydes is 2. The second kappa shape index (κ2) is 11.4. The summed E-state index contributed by atoms with van der Waals surface area (Å²) in [5.74, 6) is 0. The molecule has 0 aliphatic rings. The van der Waals surface area contributed by atoms with Crippen molar-refractivity contribution in [3.63, 3.8) is 0 Å². The molecular weight excluding hydrogens is 631 g/mol. The maximum Gasteiger partial charge on any atom is 0.164 e. The van der Waals surface area contributed by atoms with E-state index in [1.807, 2.05) is 0 Å². The highest BCUT2D eigenvalue weighted by atomic mass is 79.9. The van der Waals surface area contributed by atoms with Gasteiger partial charge < -0.3 is 14.3 Å². The van der Waals surface area contributed by atoms with Crippen molar-refractivity contribution in [2.24, 2.45) is 0 Å². The van der Waals surface area contributed by atoms with Gasteiger partial charge in [0.25, 0.3) is 0 Å². The maximum absolute atomic E-state index is 11.1. The monoisotopic (exact) mass is 648 g/mol. The van der Waals surface area contributed by atoms with Gasteiger partial charge in [-0.15, -0.1) is 0 Å². The van der Waals surface area contributed by atoms with Gasteiger partial charge in [0.15, 0.2) is 34.2 Å². The molecule has 4 heterocycles. The number of H-pyrrole nitrogens is 1. The van der Waals surface area contributed by atoms with Crippen molar-refractivity contribution < 1.29 is 14.3 Å². The van der Waals surface area contributed by atoms with E-state index in [1.54, 1.807) is 17.0 Å². The third-order valence-corrected chi connectivity index (χ3v) is 8.36. The molecule has 0 amide bonds. The molecule has 9 nitrogen and oxygen atoms in total. The Kier molecular flexibility index (Phi) is 8.98. The molecule has 180 valence electrons. The number of nitrogens with zero attached hydrogens (tertiary/aromatic N) is 5. The summed E-state index contributed by atoms with van der Waals surface area (Å²) in [6, 6.07) is 1.09. The molecule has 1 N–H and O–H groups in total. The number of carbonyl (C=O) groups excluding carboxylic acids is 2. The Bertz CT molecular complexity index is 1360. The normalized spacial score (nSPS) is 11.5. The van der Waals surface area contributed by atoms with Crippen molar-refractivity contribution in [3.8, 4) is 0 Å².